The largest absolute Gasteiger partial charge is 0.481 e. The first kappa shape index (κ1) is 15.5. The van der Waals surface area contributed by atoms with Crippen molar-refractivity contribution >= 4 is 5.97 Å². The summed E-state index contributed by atoms with van der Waals surface area (Å²) in [6.07, 6.45) is 4.44. The van der Waals surface area contributed by atoms with Crippen LogP contribution in [-0.4, -0.2) is 48.8 Å². The van der Waals surface area contributed by atoms with Crippen molar-refractivity contribution in [3.05, 3.63) is 35.4 Å². The van der Waals surface area contributed by atoms with Crippen molar-refractivity contribution in [2.75, 3.05) is 26.8 Å². The van der Waals surface area contributed by atoms with Crippen molar-refractivity contribution in [3.8, 4) is 0 Å². The fourth-order valence-electron chi connectivity index (χ4n) is 4.06. The number of piperidine rings is 1. The average molecular weight is 303 g/mol. The van der Waals surface area contributed by atoms with E-state index in [2.05, 4.69) is 29.2 Å². The summed E-state index contributed by atoms with van der Waals surface area (Å²) in [7, 11) is 1.64. The fraction of sp³-hybridized carbons (Fsp3) is 0.611. The Labute approximate surface area is 132 Å². The molecule has 1 aliphatic heterocycles. The number of hydrogen-bond acceptors (Lipinski definition) is 3. The van der Waals surface area contributed by atoms with Gasteiger partial charge in [-0.1, -0.05) is 24.3 Å². The quantitative estimate of drug-likeness (QED) is 0.907. The Balaban J connectivity index is 1.72. The van der Waals surface area contributed by atoms with Gasteiger partial charge in [-0.15, -0.1) is 0 Å². The van der Waals surface area contributed by atoms with Crippen LogP contribution in [0.15, 0.2) is 24.3 Å². The van der Waals surface area contributed by atoms with Crippen molar-refractivity contribution < 1.29 is 14.6 Å². The van der Waals surface area contributed by atoms with Crippen molar-refractivity contribution in [2.45, 2.75) is 38.1 Å². The third kappa shape index (κ3) is 2.90. The highest BCUT2D eigenvalue weighted by atomic mass is 16.5. The van der Waals surface area contributed by atoms with Gasteiger partial charge < -0.3 is 9.84 Å². The lowest BCUT2D eigenvalue weighted by atomic mass is 9.76. The third-order valence-electron chi connectivity index (χ3n) is 5.39. The van der Waals surface area contributed by atoms with E-state index in [1.165, 1.54) is 11.1 Å². The Bertz CT molecular complexity index is 520. The van der Waals surface area contributed by atoms with Crippen molar-refractivity contribution in [3.63, 3.8) is 0 Å². The van der Waals surface area contributed by atoms with Gasteiger partial charge in [-0.2, -0.15) is 0 Å². The van der Waals surface area contributed by atoms with Gasteiger partial charge in [0.2, 0.25) is 0 Å². The summed E-state index contributed by atoms with van der Waals surface area (Å²) < 4.78 is 5.15. The molecule has 2 aliphatic rings. The lowest BCUT2D eigenvalue weighted by molar-refractivity contribution is -0.154. The Kier molecular flexibility index (Phi) is 4.50. The van der Waals surface area contributed by atoms with Gasteiger partial charge in [-0.05, 0) is 49.8 Å². The van der Waals surface area contributed by atoms with Gasteiger partial charge in [0.25, 0.3) is 0 Å². The number of carboxylic acid groups (broad SMARTS) is 1. The molecule has 22 heavy (non-hydrogen) atoms. The lowest BCUT2D eigenvalue weighted by Gasteiger charge is -2.42. The van der Waals surface area contributed by atoms with Crippen molar-refractivity contribution in [1.82, 2.24) is 4.90 Å². The summed E-state index contributed by atoms with van der Waals surface area (Å²) in [6.45, 7) is 2.19. The Morgan fingerprint density at radius 1 is 1.36 bits per heavy atom. The SMILES string of the molecule is COCC[C@]1(C(=O)O)CCCN(C2Cc3ccccc3C2)C1. The van der Waals surface area contributed by atoms with E-state index in [1.807, 2.05) is 0 Å². The number of aliphatic carboxylic acids is 1. The molecule has 1 saturated heterocycles. The molecule has 0 amide bonds. The van der Waals surface area contributed by atoms with E-state index in [-0.39, 0.29) is 0 Å². The Morgan fingerprint density at radius 3 is 2.64 bits per heavy atom. The number of benzene rings is 1. The Hall–Kier alpha value is -1.39. The number of likely N-dealkylation sites (tertiary alicyclic amines) is 1. The second-order valence-electron chi connectivity index (χ2n) is 6.73. The zero-order chi connectivity index (χ0) is 15.6. The lowest BCUT2D eigenvalue weighted by Crippen LogP contribution is -2.52. The molecule has 1 aromatic carbocycles. The van der Waals surface area contributed by atoms with Gasteiger partial charge in [-0.25, -0.2) is 0 Å². The molecule has 4 nitrogen and oxygen atoms in total. The second kappa shape index (κ2) is 6.39. The maximum atomic E-state index is 11.9. The van der Waals surface area contributed by atoms with E-state index >= 15 is 0 Å². The molecule has 0 saturated carbocycles. The van der Waals surface area contributed by atoms with Crippen LogP contribution in [0.4, 0.5) is 0 Å². The van der Waals surface area contributed by atoms with E-state index < -0.39 is 11.4 Å². The summed E-state index contributed by atoms with van der Waals surface area (Å²) in [5.41, 5.74) is 2.22. The summed E-state index contributed by atoms with van der Waals surface area (Å²) in [5, 5.41) is 9.77. The number of carboxylic acids is 1. The number of nitrogens with zero attached hydrogens (tertiary/aromatic N) is 1. The fourth-order valence-corrected chi connectivity index (χ4v) is 4.06. The van der Waals surface area contributed by atoms with Gasteiger partial charge in [0, 0.05) is 26.3 Å². The zero-order valence-electron chi connectivity index (χ0n) is 13.3. The standard InChI is InChI=1S/C18H25NO3/c1-22-10-8-18(17(20)21)7-4-9-19(13-18)16-11-14-5-2-3-6-15(14)12-16/h2-3,5-6,16H,4,7-13H2,1H3,(H,20,21)/t18-/m1/s1. The molecule has 0 radical (unpaired) electrons. The van der Waals surface area contributed by atoms with Crippen LogP contribution in [0.3, 0.4) is 0 Å². The predicted molar refractivity (Wildman–Crippen MR) is 85.0 cm³/mol. The van der Waals surface area contributed by atoms with Crippen molar-refractivity contribution in [2.24, 2.45) is 5.41 Å². The van der Waals surface area contributed by atoms with Crippen molar-refractivity contribution in [1.29, 1.82) is 0 Å². The summed E-state index contributed by atoms with van der Waals surface area (Å²) in [4.78, 5) is 14.3. The molecule has 0 spiro atoms. The minimum atomic E-state index is -0.662. The van der Waals surface area contributed by atoms with Gasteiger partial charge in [0.05, 0.1) is 5.41 Å². The summed E-state index contributed by atoms with van der Waals surface area (Å²) in [5.74, 6) is -0.662. The molecule has 120 valence electrons. The first-order chi connectivity index (χ1) is 10.6. The van der Waals surface area contributed by atoms with Gasteiger partial charge in [0.1, 0.15) is 0 Å². The topological polar surface area (TPSA) is 49.8 Å². The molecule has 4 heteroatoms. The first-order valence-corrected chi connectivity index (χ1v) is 8.18. The van der Waals surface area contributed by atoms with Crippen LogP contribution in [0.2, 0.25) is 0 Å². The molecular formula is C18H25NO3. The maximum Gasteiger partial charge on any atom is 0.311 e. The molecule has 0 bridgehead atoms. The first-order valence-electron chi connectivity index (χ1n) is 8.18. The minimum Gasteiger partial charge on any atom is -0.481 e. The highest BCUT2D eigenvalue weighted by molar-refractivity contribution is 5.75. The molecule has 1 aromatic rings. The van der Waals surface area contributed by atoms with Crippen LogP contribution in [0, 0.1) is 5.41 Å². The normalized spacial score (nSPS) is 26.0. The summed E-state index contributed by atoms with van der Waals surface area (Å²) >= 11 is 0. The highest BCUT2D eigenvalue weighted by Crippen LogP contribution is 2.37. The average Bonchev–Trinajstić information content (AvgIpc) is 2.97. The molecule has 1 atom stereocenters. The Morgan fingerprint density at radius 2 is 2.05 bits per heavy atom. The molecular weight excluding hydrogens is 278 g/mol. The third-order valence-corrected chi connectivity index (χ3v) is 5.39. The van der Waals surface area contributed by atoms with Gasteiger partial charge in [-0.3, -0.25) is 9.69 Å². The van der Waals surface area contributed by atoms with Crippen LogP contribution >= 0.6 is 0 Å². The number of rotatable bonds is 5. The zero-order valence-corrected chi connectivity index (χ0v) is 13.3. The molecule has 0 aromatic heterocycles. The van der Waals surface area contributed by atoms with Crippen LogP contribution in [0.1, 0.15) is 30.4 Å². The highest BCUT2D eigenvalue weighted by Gasteiger charge is 2.44. The monoisotopic (exact) mass is 303 g/mol. The molecule has 1 aliphatic carbocycles. The van der Waals surface area contributed by atoms with E-state index in [0.29, 0.717) is 25.6 Å². The van der Waals surface area contributed by atoms with E-state index in [1.54, 1.807) is 7.11 Å². The van der Waals surface area contributed by atoms with Crippen LogP contribution in [0.25, 0.3) is 0 Å². The van der Waals surface area contributed by atoms with Crippen LogP contribution in [-0.2, 0) is 22.4 Å². The number of ether oxygens (including phenoxy) is 1. The predicted octanol–water partition coefficient (Wildman–Crippen LogP) is 2.36. The maximum absolute atomic E-state index is 11.9. The number of hydrogen-bond donors (Lipinski definition) is 1. The molecule has 3 rings (SSSR count). The van der Waals surface area contributed by atoms with E-state index in [0.717, 1.165) is 32.2 Å². The summed E-state index contributed by atoms with van der Waals surface area (Å²) in [6, 6.07) is 9.05. The number of methoxy groups -OCH3 is 1. The van der Waals surface area contributed by atoms with Gasteiger partial charge >= 0.3 is 5.97 Å². The molecule has 1 N–H and O–H groups in total. The second-order valence-corrected chi connectivity index (χ2v) is 6.73. The number of fused-ring (bicyclic) bond motifs is 1. The van der Waals surface area contributed by atoms with Crippen LogP contribution in [0.5, 0.6) is 0 Å². The van der Waals surface area contributed by atoms with Crippen LogP contribution < -0.4 is 0 Å². The van der Waals surface area contributed by atoms with E-state index in [9.17, 15) is 9.90 Å². The minimum absolute atomic E-state index is 0.457. The molecule has 0 unspecified atom stereocenters. The van der Waals surface area contributed by atoms with Gasteiger partial charge in [0.15, 0.2) is 0 Å². The smallest absolute Gasteiger partial charge is 0.311 e. The molecule has 1 heterocycles. The number of carbonyl (C=O) groups is 1. The molecule has 1 fully saturated rings. The van der Waals surface area contributed by atoms with E-state index in [4.69, 9.17) is 4.74 Å².